The molecule has 24 heavy (non-hydrogen) atoms. The highest BCUT2D eigenvalue weighted by Crippen LogP contribution is 2.25. The third kappa shape index (κ3) is 2.78. The lowest BCUT2D eigenvalue weighted by Gasteiger charge is -2.17. The van der Waals surface area contributed by atoms with Gasteiger partial charge in [0, 0.05) is 16.6 Å². The molecule has 0 aliphatic carbocycles. The summed E-state index contributed by atoms with van der Waals surface area (Å²) in [5.41, 5.74) is 0.722. The molecule has 0 unspecified atom stereocenters. The Balaban J connectivity index is 1.81. The molecule has 7 nitrogen and oxygen atoms in total. The second-order valence-corrected chi connectivity index (χ2v) is 6.01. The number of nitrogens with zero attached hydrogens (tertiary/aromatic N) is 3. The van der Waals surface area contributed by atoms with Gasteiger partial charge in [0.25, 0.3) is 0 Å². The third-order valence-corrected chi connectivity index (χ3v) is 3.79. The van der Waals surface area contributed by atoms with Crippen LogP contribution in [0.2, 0.25) is 5.02 Å². The normalized spacial score (nSPS) is 15.1. The fourth-order valence-electron chi connectivity index (χ4n) is 2.41. The second kappa shape index (κ2) is 6.09. The maximum absolute atomic E-state index is 12.2. The minimum absolute atomic E-state index is 0.157. The summed E-state index contributed by atoms with van der Waals surface area (Å²) in [6.07, 6.45) is 1.48. The summed E-state index contributed by atoms with van der Waals surface area (Å²) in [6.45, 7) is 3.12. The zero-order valence-electron chi connectivity index (χ0n) is 13.0. The number of amides is 4. The van der Waals surface area contributed by atoms with E-state index in [4.69, 9.17) is 16.0 Å². The molecule has 0 atom stereocenters. The van der Waals surface area contributed by atoms with Gasteiger partial charge in [-0.2, -0.15) is 0 Å². The van der Waals surface area contributed by atoms with Crippen molar-refractivity contribution in [2.24, 2.45) is 0 Å². The number of imide groups is 2. The quantitative estimate of drug-likeness (QED) is 0.627. The van der Waals surface area contributed by atoms with Gasteiger partial charge in [-0.3, -0.25) is 14.5 Å². The number of hydrogen-bond acceptors (Lipinski definition) is 5. The first-order chi connectivity index (χ1) is 11.4. The van der Waals surface area contributed by atoms with Gasteiger partial charge in [0.1, 0.15) is 6.54 Å². The van der Waals surface area contributed by atoms with Crippen LogP contribution in [0.25, 0.3) is 11.3 Å². The maximum atomic E-state index is 12.2. The number of hydrogen-bond donors (Lipinski definition) is 0. The van der Waals surface area contributed by atoms with Crippen molar-refractivity contribution in [3.05, 3.63) is 41.4 Å². The lowest BCUT2D eigenvalue weighted by molar-refractivity contribution is -0.144. The van der Waals surface area contributed by atoms with Gasteiger partial charge in [-0.15, -0.1) is 0 Å². The van der Waals surface area contributed by atoms with Crippen LogP contribution in [-0.2, 0) is 16.1 Å². The van der Waals surface area contributed by atoms with Gasteiger partial charge in [0.15, 0.2) is 5.76 Å². The molecule has 0 spiro atoms. The molecule has 1 saturated heterocycles. The first-order valence-electron chi connectivity index (χ1n) is 7.28. The number of carbonyl (C=O) groups is 3. The van der Waals surface area contributed by atoms with Crippen molar-refractivity contribution in [1.82, 2.24) is 14.8 Å². The molecule has 2 heterocycles. The van der Waals surface area contributed by atoms with Crippen molar-refractivity contribution >= 4 is 29.4 Å². The Labute approximate surface area is 142 Å². The number of urea groups is 1. The molecule has 1 fully saturated rings. The molecule has 0 saturated carbocycles. The third-order valence-electron chi connectivity index (χ3n) is 3.56. The van der Waals surface area contributed by atoms with Crippen LogP contribution < -0.4 is 0 Å². The molecule has 1 aromatic carbocycles. The van der Waals surface area contributed by atoms with Crippen LogP contribution in [0.15, 0.2) is 34.9 Å². The van der Waals surface area contributed by atoms with Crippen molar-refractivity contribution < 1.29 is 18.8 Å². The predicted octanol–water partition coefficient (Wildman–Crippen LogP) is 2.69. The van der Waals surface area contributed by atoms with E-state index in [1.165, 1.54) is 6.20 Å². The summed E-state index contributed by atoms with van der Waals surface area (Å²) in [4.78, 5) is 41.9. The first-order valence-corrected chi connectivity index (χ1v) is 7.66. The Morgan fingerprint density at radius 3 is 2.58 bits per heavy atom. The number of oxazole rings is 1. The predicted molar refractivity (Wildman–Crippen MR) is 84.9 cm³/mol. The highest BCUT2D eigenvalue weighted by molar-refractivity contribution is 6.44. The van der Waals surface area contributed by atoms with Crippen LogP contribution in [0.4, 0.5) is 4.79 Å². The van der Waals surface area contributed by atoms with E-state index in [-0.39, 0.29) is 12.4 Å². The number of halogens is 1. The summed E-state index contributed by atoms with van der Waals surface area (Å²) < 4.78 is 5.57. The standard InChI is InChI=1S/C16H14ClN3O4/c1-9(2)20-15(22)14(21)19(16(20)23)8-13-18-7-12(24-13)10-4-3-5-11(17)6-10/h3-7,9H,8H2,1-2H3. The zero-order valence-corrected chi connectivity index (χ0v) is 13.8. The van der Waals surface area contributed by atoms with E-state index in [1.54, 1.807) is 38.1 Å². The molecule has 0 bridgehead atoms. The Kier molecular flexibility index (Phi) is 4.11. The zero-order chi connectivity index (χ0) is 17.4. The SMILES string of the molecule is CC(C)N1C(=O)C(=O)N(Cc2ncc(-c3cccc(Cl)c3)o2)C1=O. The van der Waals surface area contributed by atoms with Gasteiger partial charge in [-0.05, 0) is 26.0 Å². The van der Waals surface area contributed by atoms with Crippen LogP contribution in [0.1, 0.15) is 19.7 Å². The van der Waals surface area contributed by atoms with Crippen LogP contribution >= 0.6 is 11.6 Å². The second-order valence-electron chi connectivity index (χ2n) is 5.57. The van der Waals surface area contributed by atoms with Gasteiger partial charge in [0.2, 0.25) is 5.89 Å². The van der Waals surface area contributed by atoms with Gasteiger partial charge >= 0.3 is 17.8 Å². The number of carbonyl (C=O) groups excluding carboxylic acids is 3. The van der Waals surface area contributed by atoms with E-state index in [0.717, 1.165) is 15.4 Å². The molecular formula is C16H14ClN3O4. The van der Waals surface area contributed by atoms with Crippen molar-refractivity contribution in [2.45, 2.75) is 26.4 Å². The Bertz CT molecular complexity index is 830. The summed E-state index contributed by atoms with van der Waals surface area (Å²) in [6, 6.07) is 5.95. The van der Waals surface area contributed by atoms with Crippen LogP contribution in [0.5, 0.6) is 0 Å². The minimum atomic E-state index is -0.879. The Hall–Kier alpha value is -2.67. The fourth-order valence-corrected chi connectivity index (χ4v) is 2.60. The molecule has 124 valence electrons. The lowest BCUT2D eigenvalue weighted by atomic mass is 10.2. The number of benzene rings is 1. The Morgan fingerprint density at radius 1 is 1.21 bits per heavy atom. The van der Waals surface area contributed by atoms with E-state index < -0.39 is 23.9 Å². The Morgan fingerprint density at radius 2 is 1.96 bits per heavy atom. The van der Waals surface area contributed by atoms with Gasteiger partial charge in [0.05, 0.1) is 6.20 Å². The first kappa shape index (κ1) is 16.2. The maximum Gasteiger partial charge on any atom is 0.334 e. The van der Waals surface area contributed by atoms with E-state index in [2.05, 4.69) is 4.98 Å². The molecule has 3 rings (SSSR count). The molecule has 1 aliphatic rings. The van der Waals surface area contributed by atoms with Crippen LogP contribution in [0, 0.1) is 0 Å². The summed E-state index contributed by atoms with van der Waals surface area (Å²) >= 11 is 5.94. The van der Waals surface area contributed by atoms with Gasteiger partial charge < -0.3 is 4.42 Å². The molecule has 0 radical (unpaired) electrons. The van der Waals surface area contributed by atoms with E-state index in [0.29, 0.717) is 10.8 Å². The monoisotopic (exact) mass is 347 g/mol. The molecule has 2 aromatic rings. The van der Waals surface area contributed by atoms with E-state index >= 15 is 0 Å². The van der Waals surface area contributed by atoms with Crippen molar-refractivity contribution in [3.8, 4) is 11.3 Å². The van der Waals surface area contributed by atoms with Crippen LogP contribution in [-0.4, -0.2) is 38.7 Å². The molecule has 0 N–H and O–H groups in total. The minimum Gasteiger partial charge on any atom is -0.439 e. The largest absolute Gasteiger partial charge is 0.439 e. The van der Waals surface area contributed by atoms with E-state index in [1.807, 2.05) is 0 Å². The summed E-state index contributed by atoms with van der Waals surface area (Å²) in [5, 5.41) is 0.550. The van der Waals surface area contributed by atoms with Crippen LogP contribution in [0.3, 0.4) is 0 Å². The van der Waals surface area contributed by atoms with Gasteiger partial charge in [-0.1, -0.05) is 23.7 Å². The number of aromatic nitrogens is 1. The highest BCUT2D eigenvalue weighted by Gasteiger charge is 2.46. The van der Waals surface area contributed by atoms with Crippen molar-refractivity contribution in [1.29, 1.82) is 0 Å². The summed E-state index contributed by atoms with van der Waals surface area (Å²) in [7, 11) is 0. The summed E-state index contributed by atoms with van der Waals surface area (Å²) in [5.74, 6) is -1.10. The van der Waals surface area contributed by atoms with Gasteiger partial charge in [-0.25, -0.2) is 14.7 Å². The molecule has 4 amide bonds. The molecule has 1 aliphatic heterocycles. The van der Waals surface area contributed by atoms with Crippen molar-refractivity contribution in [2.75, 3.05) is 0 Å². The fraction of sp³-hybridized carbons (Fsp3) is 0.250. The molecule has 1 aromatic heterocycles. The average Bonchev–Trinajstić information content (AvgIpc) is 3.07. The average molecular weight is 348 g/mol. The lowest BCUT2D eigenvalue weighted by Crippen LogP contribution is -2.37. The molecular weight excluding hydrogens is 334 g/mol. The molecule has 8 heteroatoms. The highest BCUT2D eigenvalue weighted by atomic mass is 35.5. The number of rotatable bonds is 4. The topological polar surface area (TPSA) is 83.7 Å². The van der Waals surface area contributed by atoms with Crippen molar-refractivity contribution in [3.63, 3.8) is 0 Å². The smallest absolute Gasteiger partial charge is 0.334 e. The van der Waals surface area contributed by atoms with E-state index in [9.17, 15) is 14.4 Å².